The van der Waals surface area contributed by atoms with E-state index in [0.29, 0.717) is 56.2 Å². The normalized spacial score (nSPS) is 16.6. The Hall–Kier alpha value is -3.39. The fraction of sp³-hybridized carbons (Fsp3) is 0.406. The number of carbonyl (C=O) groups is 1. The molecule has 228 valence electrons. The Morgan fingerprint density at radius 1 is 1.09 bits per heavy atom. The van der Waals surface area contributed by atoms with Crippen LogP contribution in [0.25, 0.3) is 0 Å². The quantitative estimate of drug-likeness (QED) is 0.179. The number of hydrogen-bond donors (Lipinski definition) is 3. The van der Waals surface area contributed by atoms with Gasteiger partial charge in [0.05, 0.1) is 23.3 Å². The van der Waals surface area contributed by atoms with E-state index in [2.05, 4.69) is 56.4 Å². The van der Waals surface area contributed by atoms with Crippen LogP contribution >= 0.6 is 18.7 Å². The summed E-state index contributed by atoms with van der Waals surface area (Å²) in [4.78, 5) is 26.4. The number of halogens is 1. The maximum absolute atomic E-state index is 12.8. The molecule has 0 radical (unpaired) electrons. The standard InChI is InChI=1S/C32H41ClN7O2P/c1-21(2)30(41)37-26-17-22(11-12-27(26)40-15-13-32(14-16-40)18-23(19-32)39(3)4)35-31-34-20-24(33)29(38-31)36-25-9-7-8-10-28(25)43(5,6)42/h7-12,17,20,23H,1,13-16,18-19H2,2-6H3,(H,37,41)(H2,34,35,36,38). The van der Waals surface area contributed by atoms with Crippen molar-refractivity contribution < 1.29 is 9.36 Å². The monoisotopic (exact) mass is 621 g/mol. The highest BCUT2D eigenvalue weighted by molar-refractivity contribution is 7.70. The molecule has 43 heavy (non-hydrogen) atoms. The molecule has 0 bridgehead atoms. The molecule has 3 N–H and O–H groups in total. The van der Waals surface area contributed by atoms with Crippen LogP contribution in [0.5, 0.6) is 0 Å². The van der Waals surface area contributed by atoms with Gasteiger partial charge in [0.15, 0.2) is 5.82 Å². The minimum Gasteiger partial charge on any atom is -0.370 e. The third-order valence-corrected chi connectivity index (χ3v) is 10.4. The Labute approximate surface area is 259 Å². The second-order valence-electron chi connectivity index (χ2n) is 12.5. The highest BCUT2D eigenvalue weighted by Crippen LogP contribution is 2.51. The van der Waals surface area contributed by atoms with Gasteiger partial charge >= 0.3 is 0 Å². The van der Waals surface area contributed by atoms with E-state index in [1.165, 1.54) is 19.0 Å². The Morgan fingerprint density at radius 3 is 2.44 bits per heavy atom. The van der Waals surface area contributed by atoms with E-state index in [9.17, 15) is 9.36 Å². The highest BCUT2D eigenvalue weighted by Gasteiger charge is 2.46. The zero-order valence-corrected chi connectivity index (χ0v) is 27.2. The molecule has 1 amide bonds. The number of benzene rings is 2. The fourth-order valence-electron chi connectivity index (χ4n) is 5.97. The van der Waals surface area contributed by atoms with E-state index in [4.69, 9.17) is 11.6 Å². The van der Waals surface area contributed by atoms with Crippen LogP contribution in [0.15, 0.2) is 60.8 Å². The smallest absolute Gasteiger partial charge is 0.250 e. The van der Waals surface area contributed by atoms with Crippen LogP contribution in [0.4, 0.5) is 34.5 Å². The maximum Gasteiger partial charge on any atom is 0.250 e. The van der Waals surface area contributed by atoms with Crippen LogP contribution < -0.4 is 26.2 Å². The minimum atomic E-state index is -2.54. The summed E-state index contributed by atoms with van der Waals surface area (Å²) in [7, 11) is 1.80. The molecule has 1 saturated heterocycles. The van der Waals surface area contributed by atoms with Crippen LogP contribution in [0.2, 0.25) is 5.02 Å². The summed E-state index contributed by atoms with van der Waals surface area (Å²) < 4.78 is 12.8. The molecular weight excluding hydrogens is 581 g/mol. The summed E-state index contributed by atoms with van der Waals surface area (Å²) in [6, 6.07) is 14.0. The van der Waals surface area contributed by atoms with Gasteiger partial charge in [0, 0.05) is 35.7 Å². The van der Waals surface area contributed by atoms with E-state index in [0.717, 1.165) is 31.6 Å². The van der Waals surface area contributed by atoms with Crippen LogP contribution in [0.1, 0.15) is 32.6 Å². The molecule has 11 heteroatoms. The first-order chi connectivity index (χ1) is 20.3. The predicted octanol–water partition coefficient (Wildman–Crippen LogP) is 6.69. The summed E-state index contributed by atoms with van der Waals surface area (Å²) in [5.41, 5.74) is 3.96. The number of rotatable bonds is 9. The summed E-state index contributed by atoms with van der Waals surface area (Å²) in [6.45, 7) is 10.9. The third kappa shape index (κ3) is 7.06. The molecule has 0 atom stereocenters. The van der Waals surface area contributed by atoms with Gasteiger partial charge in [-0.05, 0) is 95.8 Å². The molecule has 2 fully saturated rings. The first-order valence-electron chi connectivity index (χ1n) is 14.6. The Morgan fingerprint density at radius 2 is 1.79 bits per heavy atom. The molecule has 3 aromatic rings. The minimum absolute atomic E-state index is 0.225. The van der Waals surface area contributed by atoms with Gasteiger partial charge in [-0.3, -0.25) is 4.79 Å². The topological polar surface area (TPSA) is 102 Å². The van der Waals surface area contributed by atoms with Crippen LogP contribution in [0, 0.1) is 5.41 Å². The highest BCUT2D eigenvalue weighted by atomic mass is 35.5. The summed E-state index contributed by atoms with van der Waals surface area (Å²) in [6.07, 6.45) is 6.33. The van der Waals surface area contributed by atoms with Crippen molar-refractivity contribution in [2.45, 2.75) is 38.6 Å². The van der Waals surface area contributed by atoms with Gasteiger partial charge in [-0.2, -0.15) is 4.98 Å². The Bertz CT molecular complexity index is 1570. The van der Waals surface area contributed by atoms with Gasteiger partial charge in [-0.25, -0.2) is 4.98 Å². The van der Waals surface area contributed by atoms with Crippen molar-refractivity contribution in [1.82, 2.24) is 14.9 Å². The predicted molar refractivity (Wildman–Crippen MR) is 180 cm³/mol. The average molecular weight is 622 g/mol. The number of piperidine rings is 1. The van der Waals surface area contributed by atoms with Gasteiger partial charge in [0.25, 0.3) is 5.91 Å². The number of aromatic nitrogens is 2. The van der Waals surface area contributed by atoms with E-state index in [1.54, 1.807) is 20.3 Å². The molecule has 1 aromatic heterocycles. The van der Waals surface area contributed by atoms with Gasteiger partial charge in [0.2, 0.25) is 5.95 Å². The van der Waals surface area contributed by atoms with E-state index < -0.39 is 7.14 Å². The second kappa shape index (κ2) is 12.3. The van der Waals surface area contributed by atoms with Crippen molar-refractivity contribution in [2.75, 3.05) is 61.4 Å². The van der Waals surface area contributed by atoms with Crippen molar-refractivity contribution in [1.29, 1.82) is 0 Å². The van der Waals surface area contributed by atoms with Crippen molar-refractivity contribution in [3.05, 3.63) is 65.8 Å². The van der Waals surface area contributed by atoms with Crippen molar-refractivity contribution in [3.63, 3.8) is 0 Å². The molecule has 9 nitrogen and oxygen atoms in total. The van der Waals surface area contributed by atoms with Crippen LogP contribution in [0.3, 0.4) is 0 Å². The molecule has 2 aromatic carbocycles. The number of nitrogens with zero attached hydrogens (tertiary/aromatic N) is 4. The molecule has 0 unspecified atom stereocenters. The van der Waals surface area contributed by atoms with Gasteiger partial charge in [-0.1, -0.05) is 30.3 Å². The molecule has 2 aliphatic rings. The van der Waals surface area contributed by atoms with E-state index in [1.807, 2.05) is 42.5 Å². The Balaban J connectivity index is 1.36. The molecule has 1 aliphatic heterocycles. The molecular formula is C32H41ClN7O2P. The molecule has 1 aliphatic carbocycles. The molecule has 2 heterocycles. The number of anilines is 6. The molecule has 1 spiro atoms. The van der Waals surface area contributed by atoms with Crippen molar-refractivity contribution in [3.8, 4) is 0 Å². The van der Waals surface area contributed by atoms with Crippen molar-refractivity contribution >= 4 is 64.5 Å². The Kier molecular flexibility index (Phi) is 8.89. The summed E-state index contributed by atoms with van der Waals surface area (Å²) in [5, 5.41) is 10.6. The number of nitrogens with one attached hydrogen (secondary N) is 3. The lowest BCUT2D eigenvalue weighted by molar-refractivity contribution is -0.112. The van der Waals surface area contributed by atoms with Crippen LogP contribution in [-0.4, -0.2) is 67.3 Å². The third-order valence-electron chi connectivity index (χ3n) is 8.60. The molecule has 5 rings (SSSR count). The second-order valence-corrected chi connectivity index (χ2v) is 16.1. The van der Waals surface area contributed by atoms with Gasteiger partial charge in [-0.15, -0.1) is 0 Å². The first-order valence-corrected chi connectivity index (χ1v) is 17.5. The first kappa shape index (κ1) is 31.0. The van der Waals surface area contributed by atoms with Gasteiger partial charge in [0.1, 0.15) is 12.2 Å². The lowest BCUT2D eigenvalue weighted by Crippen LogP contribution is -2.53. The lowest BCUT2D eigenvalue weighted by Gasteiger charge is -2.54. The maximum atomic E-state index is 12.8. The largest absolute Gasteiger partial charge is 0.370 e. The molecule has 1 saturated carbocycles. The van der Waals surface area contributed by atoms with E-state index in [-0.39, 0.29) is 5.91 Å². The van der Waals surface area contributed by atoms with Crippen molar-refractivity contribution in [2.24, 2.45) is 5.41 Å². The van der Waals surface area contributed by atoms with Gasteiger partial charge < -0.3 is 30.3 Å². The lowest BCUT2D eigenvalue weighted by atomic mass is 9.60. The number of hydrogen-bond acceptors (Lipinski definition) is 8. The van der Waals surface area contributed by atoms with E-state index >= 15 is 0 Å². The zero-order valence-electron chi connectivity index (χ0n) is 25.6. The average Bonchev–Trinajstić information content (AvgIpc) is 2.93. The fourth-order valence-corrected chi connectivity index (χ4v) is 7.27. The zero-order chi connectivity index (χ0) is 30.9. The number of amides is 1. The SMILES string of the molecule is C=C(C)C(=O)Nc1cc(Nc2ncc(Cl)c(Nc3ccccc3P(C)(C)=O)n2)ccc1N1CCC2(CC1)CC(N(C)C)C2. The summed E-state index contributed by atoms with van der Waals surface area (Å²) in [5.74, 6) is 0.491. The van der Waals surface area contributed by atoms with Crippen LogP contribution in [-0.2, 0) is 9.36 Å². The number of para-hydroxylation sites is 1. The summed E-state index contributed by atoms with van der Waals surface area (Å²) >= 11 is 6.44. The number of carbonyl (C=O) groups excluding carboxylic acids is 1.